The lowest BCUT2D eigenvalue weighted by Crippen LogP contribution is -2.21. The van der Waals surface area contributed by atoms with Crippen LogP contribution < -0.4 is 5.32 Å². The Morgan fingerprint density at radius 2 is 2.22 bits per heavy atom. The first-order chi connectivity index (χ1) is 8.81. The topological polar surface area (TPSA) is 34.1 Å². The number of ether oxygens (including phenoxy) is 1. The average Bonchev–Trinajstić information content (AvgIpc) is 3.14. The average molecular weight is 266 g/mol. The van der Waals surface area contributed by atoms with Crippen molar-refractivity contribution >= 4 is 11.3 Å². The zero-order valence-corrected chi connectivity index (χ0v) is 11.9. The number of hydrogen-bond donors (Lipinski definition) is 1. The lowest BCUT2D eigenvalue weighted by atomic mass is 10.1. The maximum absolute atomic E-state index is 5.79. The number of hydrogen-bond acceptors (Lipinski definition) is 4. The summed E-state index contributed by atoms with van der Waals surface area (Å²) in [4.78, 5) is 6.11. The van der Waals surface area contributed by atoms with Crippen LogP contribution >= 0.6 is 11.3 Å². The fourth-order valence-electron chi connectivity index (χ4n) is 2.43. The fourth-order valence-corrected chi connectivity index (χ4v) is 3.51. The molecule has 1 N–H and O–H groups in total. The predicted molar refractivity (Wildman–Crippen MR) is 74.0 cm³/mol. The molecule has 0 bridgehead atoms. The second-order valence-corrected chi connectivity index (χ2v) is 6.63. The first kappa shape index (κ1) is 12.6. The quantitative estimate of drug-likeness (QED) is 0.890. The van der Waals surface area contributed by atoms with Crippen LogP contribution in [0.2, 0.25) is 0 Å². The zero-order chi connectivity index (χ0) is 12.4. The minimum absolute atomic E-state index is 0.411. The Kier molecular flexibility index (Phi) is 3.97. The van der Waals surface area contributed by atoms with Crippen LogP contribution in [0.3, 0.4) is 0 Å². The van der Waals surface area contributed by atoms with Gasteiger partial charge in [0.25, 0.3) is 0 Å². The molecule has 3 rings (SSSR count). The Labute approximate surface area is 113 Å². The highest BCUT2D eigenvalue weighted by Crippen LogP contribution is 2.25. The first-order valence-corrected chi connectivity index (χ1v) is 7.93. The molecule has 1 aromatic rings. The summed E-state index contributed by atoms with van der Waals surface area (Å²) in [6.45, 7) is 4.07. The Bertz CT molecular complexity index is 394. The number of rotatable bonds is 5. The van der Waals surface area contributed by atoms with E-state index in [1.54, 1.807) is 0 Å². The third-order valence-corrected chi connectivity index (χ3v) is 4.92. The van der Waals surface area contributed by atoms with Gasteiger partial charge in [-0.25, -0.2) is 4.98 Å². The maximum atomic E-state index is 5.79. The van der Waals surface area contributed by atoms with Crippen molar-refractivity contribution in [3.05, 3.63) is 15.6 Å². The molecule has 1 saturated heterocycles. The summed E-state index contributed by atoms with van der Waals surface area (Å²) in [5, 5.41) is 4.83. The van der Waals surface area contributed by atoms with Gasteiger partial charge in [0.05, 0.1) is 16.8 Å². The Morgan fingerprint density at radius 1 is 1.33 bits per heavy atom. The van der Waals surface area contributed by atoms with Crippen LogP contribution in [0.4, 0.5) is 0 Å². The number of aromatic nitrogens is 1. The Morgan fingerprint density at radius 3 is 2.94 bits per heavy atom. The largest absolute Gasteiger partial charge is 0.378 e. The molecule has 1 atom stereocenters. The molecule has 0 radical (unpaired) electrons. The van der Waals surface area contributed by atoms with Crippen molar-refractivity contribution in [2.45, 2.75) is 64.1 Å². The van der Waals surface area contributed by atoms with E-state index in [0.29, 0.717) is 6.10 Å². The second-order valence-electron chi connectivity index (χ2n) is 5.46. The molecule has 1 aromatic heterocycles. The van der Waals surface area contributed by atoms with E-state index in [9.17, 15) is 0 Å². The van der Waals surface area contributed by atoms with Gasteiger partial charge in [0.1, 0.15) is 0 Å². The van der Waals surface area contributed by atoms with Crippen molar-refractivity contribution < 1.29 is 4.74 Å². The highest BCUT2D eigenvalue weighted by atomic mass is 32.1. The summed E-state index contributed by atoms with van der Waals surface area (Å²) in [5.41, 5.74) is 1.21. The molecule has 2 fully saturated rings. The van der Waals surface area contributed by atoms with Crippen molar-refractivity contribution in [1.29, 1.82) is 0 Å². The molecule has 0 aromatic carbocycles. The monoisotopic (exact) mass is 266 g/mol. The predicted octanol–water partition coefficient (Wildman–Crippen LogP) is 2.82. The van der Waals surface area contributed by atoms with Crippen LogP contribution in [-0.2, 0) is 17.7 Å². The Balaban J connectivity index is 1.56. The summed E-state index contributed by atoms with van der Waals surface area (Å²) >= 11 is 1.87. The van der Waals surface area contributed by atoms with E-state index in [1.165, 1.54) is 47.7 Å². The SMILES string of the molecule is Cc1nc(CC2CCCCO2)sc1CNC1CC1. The molecule has 1 unspecified atom stereocenters. The van der Waals surface area contributed by atoms with Crippen molar-refractivity contribution in [3.63, 3.8) is 0 Å². The number of aryl methyl sites for hydroxylation is 1. The summed E-state index contributed by atoms with van der Waals surface area (Å²) in [6, 6.07) is 0.775. The van der Waals surface area contributed by atoms with Gasteiger partial charge in [-0.15, -0.1) is 11.3 Å². The van der Waals surface area contributed by atoms with Crippen molar-refractivity contribution in [3.8, 4) is 0 Å². The van der Waals surface area contributed by atoms with Gasteiger partial charge < -0.3 is 10.1 Å². The van der Waals surface area contributed by atoms with Gasteiger partial charge in [-0.05, 0) is 39.0 Å². The molecule has 2 heterocycles. The molecular weight excluding hydrogens is 244 g/mol. The maximum Gasteiger partial charge on any atom is 0.0957 e. The van der Waals surface area contributed by atoms with Gasteiger partial charge in [0.2, 0.25) is 0 Å². The highest BCUT2D eigenvalue weighted by Gasteiger charge is 2.21. The minimum atomic E-state index is 0.411. The van der Waals surface area contributed by atoms with Gasteiger partial charge in [0, 0.05) is 30.5 Å². The van der Waals surface area contributed by atoms with Gasteiger partial charge in [-0.1, -0.05) is 0 Å². The lowest BCUT2D eigenvalue weighted by Gasteiger charge is -2.21. The molecule has 1 aliphatic heterocycles. The van der Waals surface area contributed by atoms with Crippen molar-refractivity contribution in [2.24, 2.45) is 0 Å². The van der Waals surface area contributed by atoms with Crippen LogP contribution in [0, 0.1) is 6.92 Å². The van der Waals surface area contributed by atoms with Gasteiger partial charge in [-0.3, -0.25) is 0 Å². The van der Waals surface area contributed by atoms with E-state index in [0.717, 1.165) is 25.6 Å². The summed E-state index contributed by atoms with van der Waals surface area (Å²) in [7, 11) is 0. The number of thiazole rings is 1. The molecule has 0 amide bonds. The van der Waals surface area contributed by atoms with Gasteiger partial charge >= 0.3 is 0 Å². The van der Waals surface area contributed by atoms with Crippen LogP contribution in [0.5, 0.6) is 0 Å². The molecule has 4 heteroatoms. The number of nitrogens with one attached hydrogen (secondary N) is 1. The van der Waals surface area contributed by atoms with Crippen LogP contribution in [0.1, 0.15) is 47.7 Å². The van der Waals surface area contributed by atoms with E-state index in [4.69, 9.17) is 9.72 Å². The van der Waals surface area contributed by atoms with Crippen molar-refractivity contribution in [1.82, 2.24) is 10.3 Å². The molecule has 1 saturated carbocycles. The molecule has 2 aliphatic rings. The highest BCUT2D eigenvalue weighted by molar-refractivity contribution is 7.11. The van der Waals surface area contributed by atoms with Crippen molar-refractivity contribution in [2.75, 3.05) is 6.61 Å². The van der Waals surface area contributed by atoms with E-state index in [2.05, 4.69) is 12.2 Å². The van der Waals surface area contributed by atoms with E-state index >= 15 is 0 Å². The van der Waals surface area contributed by atoms with E-state index < -0.39 is 0 Å². The molecule has 18 heavy (non-hydrogen) atoms. The zero-order valence-electron chi connectivity index (χ0n) is 11.1. The Hall–Kier alpha value is -0.450. The smallest absolute Gasteiger partial charge is 0.0957 e. The van der Waals surface area contributed by atoms with Gasteiger partial charge in [-0.2, -0.15) is 0 Å². The third-order valence-electron chi connectivity index (χ3n) is 3.74. The summed E-state index contributed by atoms with van der Waals surface area (Å²) < 4.78 is 5.79. The minimum Gasteiger partial charge on any atom is -0.378 e. The van der Waals surface area contributed by atoms with E-state index in [1.807, 2.05) is 11.3 Å². The second kappa shape index (κ2) is 5.68. The molecule has 100 valence electrons. The summed E-state index contributed by atoms with van der Waals surface area (Å²) in [5.74, 6) is 0. The molecule has 3 nitrogen and oxygen atoms in total. The van der Waals surface area contributed by atoms with Crippen LogP contribution in [-0.4, -0.2) is 23.7 Å². The number of nitrogens with zero attached hydrogens (tertiary/aromatic N) is 1. The van der Waals surface area contributed by atoms with Crippen LogP contribution in [0.25, 0.3) is 0 Å². The molecule has 0 spiro atoms. The first-order valence-electron chi connectivity index (χ1n) is 7.11. The molecule has 1 aliphatic carbocycles. The summed E-state index contributed by atoms with van der Waals surface area (Å²) in [6.07, 6.45) is 7.85. The standard InChI is InChI=1S/C14H22N2OS/c1-10-13(9-15-11-5-6-11)18-14(16-10)8-12-4-2-3-7-17-12/h11-12,15H,2-9H2,1H3. The normalized spacial score (nSPS) is 24.4. The third kappa shape index (κ3) is 3.31. The molecular formula is C14H22N2OS. The lowest BCUT2D eigenvalue weighted by molar-refractivity contribution is 0.0167. The fraction of sp³-hybridized carbons (Fsp3) is 0.786. The van der Waals surface area contributed by atoms with E-state index in [-0.39, 0.29) is 0 Å². The van der Waals surface area contributed by atoms with Crippen LogP contribution in [0.15, 0.2) is 0 Å². The van der Waals surface area contributed by atoms with Gasteiger partial charge in [0.15, 0.2) is 0 Å².